The zero-order valence-corrected chi connectivity index (χ0v) is 7.44. The van der Waals surface area contributed by atoms with E-state index in [1.807, 2.05) is 0 Å². The molecule has 0 bridgehead atoms. The van der Waals surface area contributed by atoms with Gasteiger partial charge < -0.3 is 5.73 Å². The van der Waals surface area contributed by atoms with Gasteiger partial charge in [0, 0.05) is 26.7 Å². The Kier molecular flexibility index (Phi) is 1.92. The molecule has 0 amide bonds. The number of hydrogen-bond acceptors (Lipinski definition) is 2. The van der Waals surface area contributed by atoms with Gasteiger partial charge in [0.05, 0.1) is 0 Å². The lowest BCUT2D eigenvalue weighted by Gasteiger charge is -1.97. The van der Waals surface area contributed by atoms with E-state index in [0.29, 0.717) is 11.1 Å². The quantitative estimate of drug-likeness (QED) is 0.699. The van der Waals surface area contributed by atoms with E-state index in [1.54, 1.807) is 18.2 Å². The fourth-order valence-electron chi connectivity index (χ4n) is 1.23. The highest BCUT2D eigenvalue weighted by Gasteiger charge is 2.12. The summed E-state index contributed by atoms with van der Waals surface area (Å²) >= 11 is 1.30. The molecule has 0 unspecified atom stereocenters. The highest BCUT2D eigenvalue weighted by Crippen LogP contribution is 2.33. The molecule has 0 atom stereocenters. The van der Waals surface area contributed by atoms with Crippen molar-refractivity contribution in [1.29, 1.82) is 0 Å². The topological polar surface area (TPSA) is 26.0 Å². The number of hydrogen-bond donors (Lipinski definition) is 1. The maximum atomic E-state index is 12.4. The van der Waals surface area contributed by atoms with Crippen LogP contribution in [0, 0.1) is 0 Å². The van der Waals surface area contributed by atoms with E-state index in [2.05, 4.69) is 0 Å². The normalized spacial score (nSPS) is 11.3. The van der Waals surface area contributed by atoms with Crippen LogP contribution in [-0.2, 0) is 0 Å². The molecule has 4 heteroatoms. The molecule has 0 saturated carbocycles. The number of anilines is 1. The molecule has 13 heavy (non-hydrogen) atoms. The van der Waals surface area contributed by atoms with Gasteiger partial charge in [-0.15, -0.1) is 11.3 Å². The molecule has 0 aliphatic heterocycles. The van der Waals surface area contributed by atoms with Crippen molar-refractivity contribution in [2.45, 2.75) is 6.43 Å². The first-order valence-corrected chi connectivity index (χ1v) is 4.61. The second kappa shape index (κ2) is 2.96. The van der Waals surface area contributed by atoms with Gasteiger partial charge in [0.25, 0.3) is 6.43 Å². The minimum Gasteiger partial charge on any atom is -0.399 e. The Morgan fingerprint density at radius 1 is 1.31 bits per heavy atom. The van der Waals surface area contributed by atoms with Crippen molar-refractivity contribution in [2.24, 2.45) is 0 Å². The first kappa shape index (κ1) is 8.44. The number of nitrogens with two attached hydrogens (primary N) is 1. The molecule has 2 N–H and O–H groups in total. The Balaban J connectivity index is 2.69. The van der Waals surface area contributed by atoms with Gasteiger partial charge in [-0.05, 0) is 12.1 Å². The summed E-state index contributed by atoms with van der Waals surface area (Å²) in [5.41, 5.74) is 6.23. The molecule has 0 spiro atoms. The van der Waals surface area contributed by atoms with Crippen molar-refractivity contribution in [2.75, 3.05) is 5.73 Å². The van der Waals surface area contributed by atoms with Gasteiger partial charge in [-0.3, -0.25) is 0 Å². The lowest BCUT2D eigenvalue weighted by molar-refractivity contribution is 0.153. The van der Waals surface area contributed by atoms with Gasteiger partial charge in [0.2, 0.25) is 0 Å². The van der Waals surface area contributed by atoms with Crippen molar-refractivity contribution in [1.82, 2.24) is 0 Å². The van der Waals surface area contributed by atoms with Crippen LogP contribution in [-0.4, -0.2) is 0 Å². The second-order valence-corrected chi connectivity index (χ2v) is 3.66. The molecule has 68 valence electrons. The Labute approximate surface area is 77.8 Å². The van der Waals surface area contributed by atoms with Crippen molar-refractivity contribution in [3.8, 4) is 0 Å². The Morgan fingerprint density at radius 2 is 2.08 bits per heavy atom. The number of rotatable bonds is 1. The van der Waals surface area contributed by atoms with Gasteiger partial charge in [0.1, 0.15) is 0 Å². The molecule has 0 aliphatic rings. The summed E-state index contributed by atoms with van der Waals surface area (Å²) in [5.74, 6) is 0. The average Bonchev–Trinajstić information content (AvgIpc) is 2.46. The Hall–Kier alpha value is -1.16. The van der Waals surface area contributed by atoms with Crippen LogP contribution in [0.4, 0.5) is 14.5 Å². The molecule has 1 heterocycles. The molecule has 2 rings (SSSR count). The van der Waals surface area contributed by atoms with Crippen LogP contribution >= 0.6 is 11.3 Å². The predicted molar refractivity (Wildman–Crippen MR) is 51.2 cm³/mol. The van der Waals surface area contributed by atoms with E-state index in [1.165, 1.54) is 16.7 Å². The van der Waals surface area contributed by atoms with Gasteiger partial charge in [-0.25, -0.2) is 8.78 Å². The lowest BCUT2D eigenvalue weighted by Crippen LogP contribution is -1.83. The third-order valence-electron chi connectivity index (χ3n) is 1.86. The molecule has 1 aromatic heterocycles. The van der Waals surface area contributed by atoms with Crippen molar-refractivity contribution >= 4 is 27.1 Å². The highest BCUT2D eigenvalue weighted by molar-refractivity contribution is 7.17. The summed E-state index contributed by atoms with van der Waals surface area (Å²) in [5, 5.41) is 2.09. The highest BCUT2D eigenvalue weighted by atomic mass is 32.1. The monoisotopic (exact) mass is 199 g/mol. The van der Waals surface area contributed by atoms with Crippen molar-refractivity contribution in [3.63, 3.8) is 0 Å². The van der Waals surface area contributed by atoms with Gasteiger partial charge in [-0.1, -0.05) is 6.07 Å². The molecular formula is C9H7F2NS. The van der Waals surface area contributed by atoms with Crippen LogP contribution in [0.25, 0.3) is 10.1 Å². The number of nitrogen functional groups attached to an aromatic ring is 1. The minimum atomic E-state index is -2.41. The summed E-state index contributed by atoms with van der Waals surface area (Å²) in [6.45, 7) is 0. The van der Waals surface area contributed by atoms with Crippen LogP contribution in [0.3, 0.4) is 0 Å². The van der Waals surface area contributed by atoms with E-state index in [0.717, 1.165) is 4.70 Å². The van der Waals surface area contributed by atoms with Crippen molar-refractivity contribution in [3.05, 3.63) is 29.1 Å². The van der Waals surface area contributed by atoms with Crippen LogP contribution < -0.4 is 5.73 Å². The maximum Gasteiger partial charge on any atom is 0.265 e. The molecule has 0 radical (unpaired) electrons. The first-order valence-electron chi connectivity index (χ1n) is 3.73. The van der Waals surface area contributed by atoms with Crippen LogP contribution in [0.5, 0.6) is 0 Å². The molecule has 1 nitrogen and oxygen atoms in total. The largest absolute Gasteiger partial charge is 0.399 e. The third kappa shape index (κ3) is 1.37. The Morgan fingerprint density at radius 3 is 2.77 bits per heavy atom. The summed E-state index contributed by atoms with van der Waals surface area (Å²) in [7, 11) is 0. The van der Waals surface area contributed by atoms with Crippen LogP contribution in [0.2, 0.25) is 0 Å². The average molecular weight is 199 g/mol. The summed E-state index contributed by atoms with van der Waals surface area (Å²) in [4.78, 5) is 0. The van der Waals surface area contributed by atoms with E-state index < -0.39 is 6.43 Å². The molecule has 0 aliphatic carbocycles. The molecular weight excluding hydrogens is 192 g/mol. The summed E-state index contributed by atoms with van der Waals surface area (Å²) in [6, 6.07) is 5.00. The number of thiophene rings is 1. The van der Waals surface area contributed by atoms with Crippen molar-refractivity contribution < 1.29 is 8.78 Å². The predicted octanol–water partition coefficient (Wildman–Crippen LogP) is 3.42. The lowest BCUT2D eigenvalue weighted by atomic mass is 10.2. The number of fused-ring (bicyclic) bond motifs is 1. The third-order valence-corrected chi connectivity index (χ3v) is 2.83. The standard InChI is InChI=1S/C9H7F2NS/c10-9(11)7-4-13-8-3-5(12)1-2-6(7)8/h1-4,9H,12H2. The second-order valence-electron chi connectivity index (χ2n) is 2.75. The fraction of sp³-hybridized carbons (Fsp3) is 0.111. The molecule has 2 aromatic rings. The fourth-order valence-corrected chi connectivity index (χ4v) is 2.24. The number of alkyl halides is 2. The van der Waals surface area contributed by atoms with Crippen LogP contribution in [0.1, 0.15) is 12.0 Å². The summed E-state index contributed by atoms with van der Waals surface area (Å²) < 4.78 is 25.6. The molecule has 1 aromatic carbocycles. The first-order chi connectivity index (χ1) is 6.18. The zero-order valence-electron chi connectivity index (χ0n) is 6.63. The van der Waals surface area contributed by atoms with Crippen LogP contribution in [0.15, 0.2) is 23.6 Å². The SMILES string of the molecule is Nc1ccc2c(C(F)F)csc2c1. The van der Waals surface area contributed by atoms with Gasteiger partial charge >= 0.3 is 0 Å². The van der Waals surface area contributed by atoms with E-state index >= 15 is 0 Å². The Bertz CT molecular complexity index is 436. The van der Waals surface area contributed by atoms with Gasteiger partial charge in [0.15, 0.2) is 0 Å². The summed E-state index contributed by atoms with van der Waals surface area (Å²) in [6.07, 6.45) is -2.41. The molecule has 0 saturated heterocycles. The number of halogens is 2. The zero-order chi connectivity index (χ0) is 9.42. The smallest absolute Gasteiger partial charge is 0.265 e. The number of benzene rings is 1. The minimum absolute atomic E-state index is 0.0972. The van der Waals surface area contributed by atoms with E-state index in [4.69, 9.17) is 5.73 Å². The van der Waals surface area contributed by atoms with Gasteiger partial charge in [-0.2, -0.15) is 0 Å². The van der Waals surface area contributed by atoms with E-state index in [9.17, 15) is 8.78 Å². The van der Waals surface area contributed by atoms with E-state index in [-0.39, 0.29) is 5.56 Å². The maximum absolute atomic E-state index is 12.4. The molecule has 0 fully saturated rings.